The topological polar surface area (TPSA) is 65.0 Å². The molecule has 30 heavy (non-hydrogen) atoms. The lowest BCUT2D eigenvalue weighted by atomic mass is 10.0. The molecule has 3 rings (SSSR count). The van der Waals surface area contributed by atoms with Gasteiger partial charge in [-0.15, -0.1) is 13.2 Å². The van der Waals surface area contributed by atoms with Gasteiger partial charge in [-0.3, -0.25) is 0 Å². The van der Waals surface area contributed by atoms with E-state index in [4.69, 9.17) is 26.2 Å². The van der Waals surface area contributed by atoms with E-state index in [-0.39, 0.29) is 27.8 Å². The molecule has 1 atom stereocenters. The minimum atomic E-state index is -4.99. The largest absolute Gasteiger partial charge is 0.573 e. The van der Waals surface area contributed by atoms with E-state index >= 15 is 0 Å². The Bertz CT molecular complexity index is 998. The smallest absolute Gasteiger partial charge is 0.478 e. The molecule has 5 nitrogen and oxygen atoms in total. The number of carbonyl (C=O) groups is 1. The highest BCUT2D eigenvalue weighted by molar-refractivity contribution is 6.32. The van der Waals surface area contributed by atoms with Gasteiger partial charge >= 0.3 is 18.5 Å². The first-order valence-corrected chi connectivity index (χ1v) is 8.27. The number of aliphatic carboxylic acids is 1. The van der Waals surface area contributed by atoms with E-state index in [1.54, 1.807) is 0 Å². The summed E-state index contributed by atoms with van der Waals surface area (Å²) in [6.07, 6.45) is -11.8. The summed E-state index contributed by atoms with van der Waals surface area (Å²) in [6.45, 7) is 0. The van der Waals surface area contributed by atoms with Crippen molar-refractivity contribution in [2.75, 3.05) is 0 Å². The molecule has 0 saturated heterocycles. The van der Waals surface area contributed by atoms with E-state index < -0.39 is 35.9 Å². The number of halogens is 7. The van der Waals surface area contributed by atoms with Crippen LogP contribution in [0.5, 0.6) is 23.0 Å². The highest BCUT2D eigenvalue weighted by Crippen LogP contribution is 2.42. The highest BCUT2D eigenvalue weighted by atomic mass is 35.5. The van der Waals surface area contributed by atoms with E-state index in [0.29, 0.717) is 0 Å². The van der Waals surface area contributed by atoms with E-state index in [2.05, 4.69) is 4.74 Å². The van der Waals surface area contributed by atoms with Crippen molar-refractivity contribution in [1.82, 2.24) is 0 Å². The number of rotatable bonds is 4. The maximum absolute atomic E-state index is 13.1. The molecule has 0 saturated carbocycles. The minimum absolute atomic E-state index is 0.0105. The second kappa shape index (κ2) is 7.63. The van der Waals surface area contributed by atoms with Crippen LogP contribution < -0.4 is 14.2 Å². The van der Waals surface area contributed by atoms with Gasteiger partial charge in [0.05, 0.1) is 10.6 Å². The highest BCUT2D eigenvalue weighted by Gasteiger charge is 2.48. The zero-order chi connectivity index (χ0) is 22.3. The van der Waals surface area contributed by atoms with E-state index in [1.807, 2.05) is 0 Å². The SMILES string of the molecule is O=C(O)C1=Cc2cc(Cl)c(Oc3ccc(OC(F)(F)F)cc3)cc2O[C@@H]1C(F)(F)F. The molecule has 1 N–H and O–H groups in total. The Labute approximate surface area is 169 Å². The maximum atomic E-state index is 13.1. The molecule has 0 aliphatic carbocycles. The number of ether oxygens (including phenoxy) is 3. The standard InChI is InChI=1S/C18H9ClF6O5/c19-12-6-8-5-11(16(26)27)15(17(20,21)22)29-13(8)7-14(12)28-9-1-3-10(4-2-9)30-18(23,24)25/h1-7,15H,(H,26,27)/t15-/m0/s1. The Morgan fingerprint density at radius 2 is 1.63 bits per heavy atom. The Kier molecular flexibility index (Phi) is 5.50. The Hall–Kier alpha value is -3.08. The minimum Gasteiger partial charge on any atom is -0.478 e. The summed E-state index contributed by atoms with van der Waals surface area (Å²) >= 11 is 6.03. The van der Waals surface area contributed by atoms with Gasteiger partial charge in [0.15, 0.2) is 0 Å². The normalized spacial score (nSPS) is 16.2. The fourth-order valence-electron chi connectivity index (χ4n) is 2.53. The van der Waals surface area contributed by atoms with Crippen molar-refractivity contribution in [2.45, 2.75) is 18.6 Å². The van der Waals surface area contributed by atoms with Gasteiger partial charge in [0.25, 0.3) is 0 Å². The average molecular weight is 455 g/mol. The summed E-state index contributed by atoms with van der Waals surface area (Å²) in [4.78, 5) is 11.1. The van der Waals surface area contributed by atoms with Gasteiger partial charge in [0, 0.05) is 11.6 Å². The van der Waals surface area contributed by atoms with Gasteiger partial charge in [-0.2, -0.15) is 13.2 Å². The van der Waals surface area contributed by atoms with Crippen LogP contribution in [-0.2, 0) is 4.79 Å². The molecule has 0 aromatic heterocycles. The molecule has 1 aliphatic rings. The monoisotopic (exact) mass is 454 g/mol. The fourth-order valence-corrected chi connectivity index (χ4v) is 2.74. The van der Waals surface area contributed by atoms with Crippen molar-refractivity contribution in [3.63, 3.8) is 0 Å². The molecule has 2 aromatic carbocycles. The van der Waals surface area contributed by atoms with Gasteiger partial charge < -0.3 is 19.3 Å². The summed E-state index contributed by atoms with van der Waals surface area (Å²) in [7, 11) is 0. The number of benzene rings is 2. The summed E-state index contributed by atoms with van der Waals surface area (Å²) in [5, 5.41) is 8.92. The number of carboxylic acid groups (broad SMARTS) is 1. The lowest BCUT2D eigenvalue weighted by Gasteiger charge is -2.27. The van der Waals surface area contributed by atoms with Crippen molar-refractivity contribution in [3.8, 4) is 23.0 Å². The first-order valence-electron chi connectivity index (χ1n) is 7.89. The van der Waals surface area contributed by atoms with E-state index in [1.165, 1.54) is 0 Å². The van der Waals surface area contributed by atoms with Gasteiger partial charge in [-0.25, -0.2) is 4.79 Å². The van der Waals surface area contributed by atoms with Gasteiger partial charge in [0.1, 0.15) is 23.0 Å². The predicted octanol–water partition coefficient (Wildman–Crippen LogP) is 5.82. The zero-order valence-electron chi connectivity index (χ0n) is 14.3. The molecule has 0 radical (unpaired) electrons. The Morgan fingerprint density at radius 3 is 2.17 bits per heavy atom. The molecule has 12 heteroatoms. The van der Waals surface area contributed by atoms with Crippen LogP contribution in [0.15, 0.2) is 42.0 Å². The van der Waals surface area contributed by atoms with Crippen molar-refractivity contribution in [2.24, 2.45) is 0 Å². The quantitative estimate of drug-likeness (QED) is 0.590. The molecular formula is C18H9ClF6O5. The number of hydrogen-bond donors (Lipinski definition) is 1. The summed E-state index contributed by atoms with van der Waals surface area (Å²) in [5.74, 6) is -2.79. The number of carboxylic acids is 1. The van der Waals surface area contributed by atoms with Crippen LogP contribution in [0.4, 0.5) is 26.3 Å². The molecule has 0 bridgehead atoms. The molecule has 2 aromatic rings. The van der Waals surface area contributed by atoms with Gasteiger partial charge in [-0.1, -0.05) is 11.6 Å². The first kappa shape index (κ1) is 21.6. The molecule has 1 aliphatic heterocycles. The molecule has 1 heterocycles. The average Bonchev–Trinajstić information content (AvgIpc) is 2.61. The van der Waals surface area contributed by atoms with Crippen molar-refractivity contribution < 1.29 is 50.5 Å². The van der Waals surface area contributed by atoms with E-state index in [9.17, 15) is 31.1 Å². The molecular weight excluding hydrogens is 446 g/mol. The fraction of sp³-hybridized carbons (Fsp3) is 0.167. The molecule has 0 fully saturated rings. The van der Waals surface area contributed by atoms with Crippen LogP contribution in [0.25, 0.3) is 6.08 Å². The first-order chi connectivity index (χ1) is 13.8. The van der Waals surface area contributed by atoms with Crippen LogP contribution in [0.2, 0.25) is 5.02 Å². The van der Waals surface area contributed by atoms with Crippen molar-refractivity contribution in [3.05, 3.63) is 52.6 Å². The third-order valence-electron chi connectivity index (χ3n) is 3.73. The van der Waals surface area contributed by atoms with Crippen LogP contribution in [0.3, 0.4) is 0 Å². The summed E-state index contributed by atoms with van der Waals surface area (Å²) in [5.41, 5.74) is -1.03. The predicted molar refractivity (Wildman–Crippen MR) is 90.7 cm³/mol. The maximum Gasteiger partial charge on any atom is 0.573 e. The Balaban J connectivity index is 1.89. The van der Waals surface area contributed by atoms with Crippen LogP contribution >= 0.6 is 11.6 Å². The number of alkyl halides is 6. The summed E-state index contributed by atoms with van der Waals surface area (Å²) in [6, 6.07) is 6.34. The molecule has 0 spiro atoms. The van der Waals surface area contributed by atoms with Crippen molar-refractivity contribution >= 4 is 23.6 Å². The van der Waals surface area contributed by atoms with Gasteiger partial charge in [-0.05, 0) is 36.4 Å². The lowest BCUT2D eigenvalue weighted by Crippen LogP contribution is -2.40. The molecule has 160 valence electrons. The second-order valence-electron chi connectivity index (χ2n) is 5.89. The summed E-state index contributed by atoms with van der Waals surface area (Å²) < 4.78 is 89.9. The van der Waals surface area contributed by atoms with E-state index in [0.717, 1.165) is 42.5 Å². The third kappa shape index (κ3) is 4.90. The second-order valence-corrected chi connectivity index (χ2v) is 6.29. The number of hydrogen-bond acceptors (Lipinski definition) is 4. The Morgan fingerprint density at radius 1 is 1.03 bits per heavy atom. The van der Waals surface area contributed by atoms with Crippen LogP contribution in [0, 0.1) is 0 Å². The zero-order valence-corrected chi connectivity index (χ0v) is 15.1. The molecule has 0 unspecified atom stereocenters. The third-order valence-corrected chi connectivity index (χ3v) is 4.03. The van der Waals surface area contributed by atoms with Crippen molar-refractivity contribution in [1.29, 1.82) is 0 Å². The van der Waals surface area contributed by atoms with Crippen LogP contribution in [-0.4, -0.2) is 29.7 Å². The number of fused-ring (bicyclic) bond motifs is 1. The van der Waals surface area contributed by atoms with Gasteiger partial charge in [0.2, 0.25) is 6.10 Å². The lowest BCUT2D eigenvalue weighted by molar-refractivity contribution is -0.274. The van der Waals surface area contributed by atoms with Crippen LogP contribution in [0.1, 0.15) is 5.56 Å². The molecule has 0 amide bonds.